The fourth-order valence-corrected chi connectivity index (χ4v) is 5.27. The van der Waals surface area contributed by atoms with E-state index in [0.717, 1.165) is 10.0 Å². The standard InChI is InChI=1S/C22H27BrN2O4S/c1-16(2)29-21-5-3-4-20(14-21)24-22(26)18-10-12-25(13-11-18)30(27,28)15-17-6-8-19(23)9-7-17/h3-9,14,16,18H,10-13,15H2,1-2H3,(H,24,26). The molecule has 0 saturated carbocycles. The Morgan fingerprint density at radius 2 is 1.83 bits per heavy atom. The van der Waals surface area contributed by atoms with Crippen molar-refractivity contribution >= 4 is 37.5 Å². The Labute approximate surface area is 186 Å². The van der Waals surface area contributed by atoms with E-state index in [1.807, 2.05) is 44.2 Å². The van der Waals surface area contributed by atoms with Crippen molar-refractivity contribution in [3.63, 3.8) is 0 Å². The van der Waals surface area contributed by atoms with Crippen molar-refractivity contribution < 1.29 is 17.9 Å². The lowest BCUT2D eigenvalue weighted by Gasteiger charge is -2.30. The zero-order valence-electron chi connectivity index (χ0n) is 17.2. The number of nitrogens with one attached hydrogen (secondary N) is 1. The van der Waals surface area contributed by atoms with Crippen LogP contribution in [0.4, 0.5) is 5.69 Å². The Bertz CT molecular complexity index is 969. The average molecular weight is 495 g/mol. The van der Waals surface area contributed by atoms with E-state index in [1.165, 1.54) is 4.31 Å². The minimum atomic E-state index is -3.40. The normalized spacial score (nSPS) is 15.9. The Morgan fingerprint density at radius 1 is 1.17 bits per heavy atom. The summed E-state index contributed by atoms with van der Waals surface area (Å²) in [6.07, 6.45) is 1.07. The summed E-state index contributed by atoms with van der Waals surface area (Å²) in [6, 6.07) is 14.6. The summed E-state index contributed by atoms with van der Waals surface area (Å²) in [5, 5.41) is 2.93. The number of carbonyl (C=O) groups is 1. The number of hydrogen-bond acceptors (Lipinski definition) is 4. The van der Waals surface area contributed by atoms with Crippen LogP contribution < -0.4 is 10.1 Å². The number of ether oxygens (including phenoxy) is 1. The predicted octanol–water partition coefficient (Wildman–Crippen LogP) is 4.42. The van der Waals surface area contributed by atoms with Crippen LogP contribution in [0.1, 0.15) is 32.3 Å². The van der Waals surface area contributed by atoms with Crippen LogP contribution in [0.15, 0.2) is 53.0 Å². The lowest BCUT2D eigenvalue weighted by molar-refractivity contribution is -0.120. The smallest absolute Gasteiger partial charge is 0.227 e. The first-order chi connectivity index (χ1) is 14.2. The van der Waals surface area contributed by atoms with Gasteiger partial charge < -0.3 is 10.1 Å². The highest BCUT2D eigenvalue weighted by Gasteiger charge is 2.31. The fraction of sp³-hybridized carbons (Fsp3) is 0.409. The highest BCUT2D eigenvalue weighted by molar-refractivity contribution is 9.10. The van der Waals surface area contributed by atoms with E-state index in [-0.39, 0.29) is 23.7 Å². The molecule has 1 amide bonds. The molecule has 2 aromatic carbocycles. The lowest BCUT2D eigenvalue weighted by atomic mass is 9.97. The van der Waals surface area contributed by atoms with Gasteiger partial charge in [-0.1, -0.05) is 34.1 Å². The van der Waals surface area contributed by atoms with E-state index < -0.39 is 10.0 Å². The van der Waals surface area contributed by atoms with E-state index in [1.54, 1.807) is 18.2 Å². The first-order valence-corrected chi connectivity index (χ1v) is 12.4. The second-order valence-corrected chi connectivity index (χ2v) is 10.6. The highest BCUT2D eigenvalue weighted by Crippen LogP contribution is 2.25. The number of piperidine rings is 1. The molecule has 0 spiro atoms. The van der Waals surface area contributed by atoms with Gasteiger partial charge in [-0.3, -0.25) is 4.79 Å². The number of benzene rings is 2. The second kappa shape index (κ2) is 9.94. The van der Waals surface area contributed by atoms with Gasteiger partial charge in [0.1, 0.15) is 5.75 Å². The van der Waals surface area contributed by atoms with Gasteiger partial charge in [0.05, 0.1) is 11.9 Å². The number of hydrogen-bond donors (Lipinski definition) is 1. The molecule has 1 heterocycles. The highest BCUT2D eigenvalue weighted by atomic mass is 79.9. The van der Waals surface area contributed by atoms with Gasteiger partial charge in [-0.05, 0) is 56.5 Å². The molecule has 30 heavy (non-hydrogen) atoms. The number of rotatable bonds is 7. The molecule has 6 nitrogen and oxygen atoms in total. The lowest BCUT2D eigenvalue weighted by Crippen LogP contribution is -2.41. The monoisotopic (exact) mass is 494 g/mol. The van der Waals surface area contributed by atoms with Crippen molar-refractivity contribution in [3.8, 4) is 5.75 Å². The van der Waals surface area contributed by atoms with E-state index in [9.17, 15) is 13.2 Å². The molecule has 0 aliphatic carbocycles. The van der Waals surface area contributed by atoms with Gasteiger partial charge in [-0.15, -0.1) is 0 Å². The number of anilines is 1. The number of nitrogens with zero attached hydrogens (tertiary/aromatic N) is 1. The SMILES string of the molecule is CC(C)Oc1cccc(NC(=O)C2CCN(S(=O)(=O)Cc3ccc(Br)cc3)CC2)c1. The van der Waals surface area contributed by atoms with Crippen LogP contribution >= 0.6 is 15.9 Å². The number of carbonyl (C=O) groups excluding carboxylic acids is 1. The summed E-state index contributed by atoms with van der Waals surface area (Å²) in [5.74, 6) is 0.386. The summed E-state index contributed by atoms with van der Waals surface area (Å²) in [4.78, 5) is 12.7. The predicted molar refractivity (Wildman–Crippen MR) is 122 cm³/mol. The number of amides is 1. The van der Waals surface area contributed by atoms with Crippen molar-refractivity contribution in [1.82, 2.24) is 4.31 Å². The van der Waals surface area contributed by atoms with Crippen molar-refractivity contribution in [2.24, 2.45) is 5.92 Å². The molecular weight excluding hydrogens is 468 g/mol. The molecule has 0 radical (unpaired) electrons. The molecule has 0 aromatic heterocycles. The maximum absolute atomic E-state index is 12.7. The van der Waals surface area contributed by atoms with Gasteiger partial charge >= 0.3 is 0 Å². The van der Waals surface area contributed by atoms with Gasteiger partial charge in [-0.25, -0.2) is 12.7 Å². The molecular formula is C22H27BrN2O4S. The number of sulfonamides is 1. The molecule has 3 rings (SSSR count). The van der Waals surface area contributed by atoms with Crippen molar-refractivity contribution in [2.45, 2.75) is 38.5 Å². The largest absolute Gasteiger partial charge is 0.491 e. The second-order valence-electron chi connectivity index (χ2n) is 7.74. The summed E-state index contributed by atoms with van der Waals surface area (Å²) in [6.45, 7) is 4.61. The maximum Gasteiger partial charge on any atom is 0.227 e. The van der Waals surface area contributed by atoms with E-state index in [2.05, 4.69) is 21.2 Å². The van der Waals surface area contributed by atoms with Crippen LogP contribution in [0.25, 0.3) is 0 Å². The molecule has 1 aliphatic rings. The quantitative estimate of drug-likeness (QED) is 0.617. The van der Waals surface area contributed by atoms with E-state index >= 15 is 0 Å². The van der Waals surface area contributed by atoms with Crippen molar-refractivity contribution in [3.05, 3.63) is 58.6 Å². The molecule has 0 unspecified atom stereocenters. The first-order valence-electron chi connectivity index (χ1n) is 10.0. The summed E-state index contributed by atoms with van der Waals surface area (Å²) in [5.41, 5.74) is 1.44. The Hall–Kier alpha value is -1.90. The van der Waals surface area contributed by atoms with Gasteiger partial charge in [0.2, 0.25) is 15.9 Å². The summed E-state index contributed by atoms with van der Waals surface area (Å²) in [7, 11) is -3.40. The molecule has 2 aromatic rings. The average Bonchev–Trinajstić information content (AvgIpc) is 2.69. The summed E-state index contributed by atoms with van der Waals surface area (Å²) < 4.78 is 33.5. The third kappa shape index (κ3) is 6.30. The Morgan fingerprint density at radius 3 is 2.47 bits per heavy atom. The fourth-order valence-electron chi connectivity index (χ4n) is 3.44. The number of halogens is 1. The minimum absolute atomic E-state index is 0.0280. The molecule has 8 heteroatoms. The third-order valence-electron chi connectivity index (χ3n) is 4.95. The Balaban J connectivity index is 1.54. The van der Waals surface area contributed by atoms with Crippen LogP contribution in [0.5, 0.6) is 5.75 Å². The van der Waals surface area contributed by atoms with Crippen LogP contribution in [0.2, 0.25) is 0 Å². The van der Waals surface area contributed by atoms with Crippen LogP contribution in [-0.4, -0.2) is 37.8 Å². The molecule has 0 atom stereocenters. The van der Waals surface area contributed by atoms with Gasteiger partial charge in [0.15, 0.2) is 0 Å². The zero-order valence-corrected chi connectivity index (χ0v) is 19.6. The zero-order chi connectivity index (χ0) is 21.7. The van der Waals surface area contributed by atoms with Crippen LogP contribution in [0, 0.1) is 5.92 Å². The maximum atomic E-state index is 12.7. The third-order valence-corrected chi connectivity index (χ3v) is 7.33. The van der Waals surface area contributed by atoms with Crippen LogP contribution in [0.3, 0.4) is 0 Å². The molecule has 162 valence electrons. The van der Waals surface area contributed by atoms with Gasteiger partial charge in [0, 0.05) is 35.2 Å². The minimum Gasteiger partial charge on any atom is -0.491 e. The first kappa shape index (κ1) is 22.8. The summed E-state index contributed by atoms with van der Waals surface area (Å²) >= 11 is 3.35. The molecule has 1 fully saturated rings. The molecule has 1 saturated heterocycles. The van der Waals surface area contributed by atoms with E-state index in [4.69, 9.17) is 4.74 Å². The van der Waals surface area contributed by atoms with Crippen molar-refractivity contribution in [2.75, 3.05) is 18.4 Å². The topological polar surface area (TPSA) is 75.7 Å². The molecule has 1 N–H and O–H groups in total. The van der Waals surface area contributed by atoms with Crippen molar-refractivity contribution in [1.29, 1.82) is 0 Å². The Kier molecular flexibility index (Phi) is 7.55. The van der Waals surface area contributed by atoms with E-state index in [0.29, 0.717) is 37.4 Å². The molecule has 1 aliphatic heterocycles. The van der Waals surface area contributed by atoms with Gasteiger partial charge in [-0.2, -0.15) is 0 Å². The van der Waals surface area contributed by atoms with Gasteiger partial charge in [0.25, 0.3) is 0 Å². The molecule has 0 bridgehead atoms. The van der Waals surface area contributed by atoms with Crippen LogP contribution in [-0.2, 0) is 20.6 Å².